The van der Waals surface area contributed by atoms with Gasteiger partial charge in [0.05, 0.1) is 6.04 Å². The van der Waals surface area contributed by atoms with Gasteiger partial charge in [0.25, 0.3) is 0 Å². The molecule has 1 fully saturated rings. The van der Waals surface area contributed by atoms with Crippen LogP contribution in [0.1, 0.15) is 67.7 Å². The normalized spacial score (nSPS) is 18.0. The van der Waals surface area contributed by atoms with Crippen molar-refractivity contribution in [1.29, 1.82) is 0 Å². The van der Waals surface area contributed by atoms with Gasteiger partial charge in [0.15, 0.2) is 5.96 Å². The van der Waals surface area contributed by atoms with E-state index in [-0.39, 0.29) is 36.1 Å². The van der Waals surface area contributed by atoms with Gasteiger partial charge in [0.1, 0.15) is 11.2 Å². The van der Waals surface area contributed by atoms with Crippen LogP contribution in [-0.2, 0) is 9.47 Å². The molecule has 0 aromatic heterocycles. The summed E-state index contributed by atoms with van der Waals surface area (Å²) in [5.41, 5.74) is -1.05. The second-order valence-electron chi connectivity index (χ2n) is 9.64. The van der Waals surface area contributed by atoms with Gasteiger partial charge in [0, 0.05) is 32.7 Å². The Hall–Kier alpha value is -1.46. The zero-order chi connectivity index (χ0) is 22.9. The molecule has 1 saturated heterocycles. The number of likely N-dealkylation sites (tertiary alicyclic amines) is 1. The molecule has 0 bridgehead atoms. The van der Waals surface area contributed by atoms with Crippen LogP contribution in [0.5, 0.6) is 0 Å². The van der Waals surface area contributed by atoms with Gasteiger partial charge in [-0.3, -0.25) is 4.99 Å². The number of alkyl carbamates (subject to hydrolysis) is 2. The number of aliphatic imine (C=N–C) groups is 1. The summed E-state index contributed by atoms with van der Waals surface area (Å²) in [5.74, 6) is 0.746. The number of nitrogens with one attached hydrogen (secondary N) is 3. The summed E-state index contributed by atoms with van der Waals surface area (Å²) in [4.78, 5) is 30.6. The van der Waals surface area contributed by atoms with E-state index in [0.29, 0.717) is 13.1 Å². The molecule has 3 N–H and O–H groups in total. The van der Waals surface area contributed by atoms with Crippen molar-refractivity contribution in [3.8, 4) is 0 Å². The molecule has 2 atom stereocenters. The first-order chi connectivity index (χ1) is 13.8. The zero-order valence-corrected chi connectivity index (χ0v) is 22.7. The lowest BCUT2D eigenvalue weighted by Gasteiger charge is -2.26. The quantitative estimate of drug-likeness (QED) is 0.264. The van der Waals surface area contributed by atoms with E-state index in [1.54, 1.807) is 7.05 Å². The van der Waals surface area contributed by atoms with Crippen molar-refractivity contribution in [3.63, 3.8) is 0 Å². The van der Waals surface area contributed by atoms with Crippen LogP contribution in [0.15, 0.2) is 4.99 Å². The van der Waals surface area contributed by atoms with E-state index in [0.717, 1.165) is 31.8 Å². The van der Waals surface area contributed by atoms with Crippen LogP contribution < -0.4 is 16.0 Å². The minimum Gasteiger partial charge on any atom is -0.444 e. The maximum atomic E-state index is 12.1. The highest BCUT2D eigenvalue weighted by Gasteiger charge is 2.28. The number of nitrogens with zero attached hydrogens (tertiary/aromatic N) is 2. The second kappa shape index (κ2) is 13.2. The van der Waals surface area contributed by atoms with Crippen LogP contribution in [0, 0.1) is 0 Å². The second-order valence-corrected chi connectivity index (χ2v) is 9.64. The van der Waals surface area contributed by atoms with E-state index in [2.05, 4.69) is 32.8 Å². The monoisotopic (exact) mass is 555 g/mol. The van der Waals surface area contributed by atoms with Crippen molar-refractivity contribution in [1.82, 2.24) is 20.9 Å². The molecule has 2 unspecified atom stereocenters. The SMILES string of the molecule is CCCC(CNC(=NC)N1CCC(NC(=O)OC(C)(C)C)C1)NC(=O)OC(C)(C)C.I. The van der Waals surface area contributed by atoms with Crippen LogP contribution in [0.25, 0.3) is 0 Å². The van der Waals surface area contributed by atoms with E-state index >= 15 is 0 Å². The van der Waals surface area contributed by atoms with E-state index in [1.165, 1.54) is 0 Å². The minimum atomic E-state index is -0.532. The standard InChI is InChI=1S/C21H41N5O4.HI/c1-9-10-15(24-18(27)29-20(2,3)4)13-23-17(22-8)26-12-11-16(14-26)25-19(28)30-21(5,6)7;/h15-16H,9-14H2,1-8H3,(H,22,23)(H,24,27)(H,25,28);1H. The van der Waals surface area contributed by atoms with Gasteiger partial charge in [-0.05, 0) is 54.4 Å². The van der Waals surface area contributed by atoms with Gasteiger partial charge >= 0.3 is 12.2 Å². The molecule has 0 spiro atoms. The molecule has 1 rings (SSSR count). The van der Waals surface area contributed by atoms with Gasteiger partial charge in [-0.1, -0.05) is 13.3 Å². The van der Waals surface area contributed by atoms with Gasteiger partial charge in [-0.15, -0.1) is 24.0 Å². The summed E-state index contributed by atoms with van der Waals surface area (Å²) in [6, 6.07) is -0.0652. The number of ether oxygens (including phenoxy) is 2. The van der Waals surface area contributed by atoms with Gasteiger partial charge in [-0.25, -0.2) is 9.59 Å². The third kappa shape index (κ3) is 12.9. The fraction of sp³-hybridized carbons (Fsp3) is 0.857. The van der Waals surface area contributed by atoms with Crippen molar-refractivity contribution in [3.05, 3.63) is 0 Å². The summed E-state index contributed by atoms with van der Waals surface area (Å²) in [6.45, 7) is 15.1. The maximum absolute atomic E-state index is 12.1. The number of carbonyl (C=O) groups excluding carboxylic acids is 2. The van der Waals surface area contributed by atoms with Crippen LogP contribution in [-0.4, -0.2) is 73.0 Å². The average Bonchev–Trinajstić information content (AvgIpc) is 3.00. The minimum absolute atomic E-state index is 0. The topological polar surface area (TPSA) is 104 Å². The molecule has 0 aromatic carbocycles. The number of rotatable bonds is 6. The Bertz CT molecular complexity index is 602. The molecule has 9 nitrogen and oxygen atoms in total. The third-order valence-electron chi connectivity index (χ3n) is 4.29. The fourth-order valence-electron chi connectivity index (χ4n) is 3.14. The summed E-state index contributed by atoms with van der Waals surface area (Å²) < 4.78 is 10.7. The number of guanidine groups is 1. The van der Waals surface area contributed by atoms with Gasteiger partial charge in [0.2, 0.25) is 0 Å². The Balaban J connectivity index is 0.00000900. The molecule has 1 aliphatic heterocycles. The summed E-state index contributed by atoms with van der Waals surface area (Å²) in [7, 11) is 1.73. The van der Waals surface area contributed by atoms with E-state index < -0.39 is 23.4 Å². The molecule has 0 radical (unpaired) electrons. The highest BCUT2D eigenvalue weighted by molar-refractivity contribution is 14.0. The first-order valence-corrected chi connectivity index (χ1v) is 10.8. The van der Waals surface area contributed by atoms with Crippen molar-refractivity contribution in [2.45, 2.75) is 91.0 Å². The molecule has 0 aromatic rings. The molecule has 0 saturated carbocycles. The molecular weight excluding hydrogens is 513 g/mol. The molecule has 1 aliphatic rings. The van der Waals surface area contributed by atoms with E-state index in [1.807, 2.05) is 41.5 Å². The first kappa shape index (κ1) is 29.5. The lowest BCUT2D eigenvalue weighted by Crippen LogP contribution is -2.49. The highest BCUT2D eigenvalue weighted by atomic mass is 127. The third-order valence-corrected chi connectivity index (χ3v) is 4.29. The number of hydrogen-bond acceptors (Lipinski definition) is 5. The van der Waals surface area contributed by atoms with Crippen molar-refractivity contribution >= 4 is 42.1 Å². The van der Waals surface area contributed by atoms with E-state index in [9.17, 15) is 9.59 Å². The van der Waals surface area contributed by atoms with Crippen LogP contribution in [0.2, 0.25) is 0 Å². The first-order valence-electron chi connectivity index (χ1n) is 10.8. The Morgan fingerprint density at radius 3 is 2.19 bits per heavy atom. The molecule has 0 aliphatic carbocycles. The van der Waals surface area contributed by atoms with Crippen molar-refractivity contribution in [2.75, 3.05) is 26.7 Å². The van der Waals surface area contributed by atoms with Gasteiger partial charge < -0.3 is 30.3 Å². The Labute approximate surface area is 204 Å². The number of halogens is 1. The highest BCUT2D eigenvalue weighted by Crippen LogP contribution is 2.12. The van der Waals surface area contributed by atoms with Crippen LogP contribution in [0.3, 0.4) is 0 Å². The summed E-state index contributed by atoms with van der Waals surface area (Å²) >= 11 is 0. The Morgan fingerprint density at radius 2 is 1.68 bits per heavy atom. The largest absolute Gasteiger partial charge is 0.444 e. The smallest absolute Gasteiger partial charge is 0.407 e. The lowest BCUT2D eigenvalue weighted by molar-refractivity contribution is 0.0493. The number of carbonyl (C=O) groups is 2. The molecular formula is C21H42IN5O4. The molecule has 10 heteroatoms. The predicted molar refractivity (Wildman–Crippen MR) is 134 cm³/mol. The number of amides is 2. The van der Waals surface area contributed by atoms with Crippen LogP contribution in [0.4, 0.5) is 9.59 Å². The lowest BCUT2D eigenvalue weighted by atomic mass is 10.1. The van der Waals surface area contributed by atoms with E-state index in [4.69, 9.17) is 9.47 Å². The van der Waals surface area contributed by atoms with Crippen molar-refractivity contribution < 1.29 is 19.1 Å². The molecule has 2 amide bonds. The number of hydrogen-bond donors (Lipinski definition) is 3. The molecule has 1 heterocycles. The van der Waals surface area contributed by atoms with Gasteiger partial charge in [-0.2, -0.15) is 0 Å². The maximum Gasteiger partial charge on any atom is 0.407 e. The molecule has 182 valence electrons. The summed E-state index contributed by atoms with van der Waals surface area (Å²) in [6.07, 6.45) is 1.76. The summed E-state index contributed by atoms with van der Waals surface area (Å²) in [5, 5.41) is 9.19. The Morgan fingerprint density at radius 1 is 1.10 bits per heavy atom. The predicted octanol–water partition coefficient (Wildman–Crippen LogP) is 3.47. The zero-order valence-electron chi connectivity index (χ0n) is 20.3. The Kier molecular flexibility index (Phi) is 12.6. The van der Waals surface area contributed by atoms with Crippen LogP contribution >= 0.6 is 24.0 Å². The van der Waals surface area contributed by atoms with Crippen molar-refractivity contribution in [2.24, 2.45) is 4.99 Å². The average molecular weight is 556 g/mol. The molecule has 31 heavy (non-hydrogen) atoms. The fourth-order valence-corrected chi connectivity index (χ4v) is 3.14.